The predicted molar refractivity (Wildman–Crippen MR) is 124 cm³/mol. The predicted octanol–water partition coefficient (Wildman–Crippen LogP) is 1.99. The van der Waals surface area contributed by atoms with Gasteiger partial charge in [-0.1, -0.05) is 0 Å². The van der Waals surface area contributed by atoms with E-state index in [1.54, 1.807) is 36.4 Å². The zero-order valence-corrected chi connectivity index (χ0v) is 18.9. The van der Waals surface area contributed by atoms with Crippen molar-refractivity contribution >= 4 is 23.4 Å². The third-order valence-corrected chi connectivity index (χ3v) is 5.07. The molecule has 13 heteroatoms. The number of rotatable bonds is 9. The fourth-order valence-corrected chi connectivity index (χ4v) is 3.35. The number of aryl methyl sites for hydroxylation is 1. The number of nitrogens with one attached hydrogen (secondary N) is 3. The molecule has 0 spiro atoms. The van der Waals surface area contributed by atoms with Gasteiger partial charge in [-0.25, -0.2) is 13.8 Å². The quantitative estimate of drug-likeness (QED) is 0.284. The number of anilines is 3. The van der Waals surface area contributed by atoms with Crippen LogP contribution in [0, 0.1) is 11.6 Å². The summed E-state index contributed by atoms with van der Waals surface area (Å²) in [5.41, 5.74) is 2.14. The second kappa shape index (κ2) is 10.3. The summed E-state index contributed by atoms with van der Waals surface area (Å²) in [6, 6.07) is 3.45. The highest BCUT2D eigenvalue weighted by Crippen LogP contribution is 2.27. The van der Waals surface area contributed by atoms with Crippen LogP contribution in [-0.4, -0.2) is 54.2 Å². The van der Waals surface area contributed by atoms with E-state index in [0.717, 1.165) is 6.20 Å². The summed E-state index contributed by atoms with van der Waals surface area (Å²) in [7, 11) is 3.27. The maximum absolute atomic E-state index is 14.5. The molecule has 1 atom stereocenters. The first-order valence-corrected chi connectivity index (χ1v) is 10.5. The first kappa shape index (κ1) is 23.8. The normalized spacial score (nSPS) is 11.8. The minimum absolute atomic E-state index is 0.0299. The molecule has 0 fully saturated rings. The molecule has 0 unspecified atom stereocenters. The average Bonchev–Trinajstić information content (AvgIpc) is 3.47. The minimum atomic E-state index is -0.853. The monoisotopic (exact) mass is 483 g/mol. The van der Waals surface area contributed by atoms with Crippen LogP contribution in [0.5, 0.6) is 0 Å². The van der Waals surface area contributed by atoms with Gasteiger partial charge in [0.15, 0.2) is 11.6 Å². The molecule has 35 heavy (non-hydrogen) atoms. The van der Waals surface area contributed by atoms with Crippen LogP contribution in [0.4, 0.5) is 26.2 Å². The SMILES string of the molecule is CNC(=O)Cn1cc(Nc2ncc(F)c(N[C@H](CO)c3cc(F)cc(-c4cnn(C)c4)c3)n2)cn1. The second-order valence-electron chi connectivity index (χ2n) is 7.67. The lowest BCUT2D eigenvalue weighted by Gasteiger charge is -2.19. The van der Waals surface area contributed by atoms with Gasteiger partial charge in [-0.05, 0) is 29.3 Å². The van der Waals surface area contributed by atoms with Crippen LogP contribution in [0.2, 0.25) is 0 Å². The molecule has 0 aliphatic carbocycles. The van der Waals surface area contributed by atoms with E-state index in [1.807, 2.05) is 0 Å². The molecular formula is C22H23F2N9O2. The lowest BCUT2D eigenvalue weighted by atomic mass is 10.0. The number of amides is 1. The van der Waals surface area contributed by atoms with Gasteiger partial charge in [0, 0.05) is 32.1 Å². The van der Waals surface area contributed by atoms with E-state index in [0.29, 0.717) is 22.4 Å². The molecule has 1 amide bonds. The van der Waals surface area contributed by atoms with E-state index in [-0.39, 0.29) is 24.2 Å². The molecule has 0 bridgehead atoms. The molecule has 11 nitrogen and oxygen atoms in total. The zero-order chi connectivity index (χ0) is 24.9. The van der Waals surface area contributed by atoms with E-state index >= 15 is 0 Å². The van der Waals surface area contributed by atoms with Crippen molar-refractivity contribution in [1.82, 2.24) is 34.8 Å². The number of hydrogen-bond acceptors (Lipinski definition) is 8. The molecule has 0 radical (unpaired) electrons. The largest absolute Gasteiger partial charge is 0.394 e. The summed E-state index contributed by atoms with van der Waals surface area (Å²) < 4.78 is 31.9. The highest BCUT2D eigenvalue weighted by atomic mass is 19.1. The van der Waals surface area contributed by atoms with Gasteiger partial charge in [0.05, 0.1) is 36.9 Å². The molecule has 1 aromatic carbocycles. The zero-order valence-electron chi connectivity index (χ0n) is 18.9. The van der Waals surface area contributed by atoms with Crippen molar-refractivity contribution in [2.45, 2.75) is 12.6 Å². The first-order valence-electron chi connectivity index (χ1n) is 10.5. The van der Waals surface area contributed by atoms with Gasteiger partial charge in [0.25, 0.3) is 0 Å². The molecule has 0 aliphatic heterocycles. The first-order chi connectivity index (χ1) is 16.8. The van der Waals surface area contributed by atoms with Crippen molar-refractivity contribution in [3.05, 3.63) is 66.4 Å². The second-order valence-corrected chi connectivity index (χ2v) is 7.67. The van der Waals surface area contributed by atoms with Crippen molar-refractivity contribution in [2.75, 3.05) is 24.3 Å². The fraction of sp³-hybridized carbons (Fsp3) is 0.227. The molecule has 0 aliphatic rings. The van der Waals surface area contributed by atoms with Gasteiger partial charge in [-0.3, -0.25) is 14.2 Å². The Labute approximate surface area is 198 Å². The Balaban J connectivity index is 1.54. The van der Waals surface area contributed by atoms with Gasteiger partial charge < -0.3 is 21.1 Å². The number of benzene rings is 1. The highest BCUT2D eigenvalue weighted by molar-refractivity contribution is 5.75. The average molecular weight is 483 g/mol. The van der Waals surface area contributed by atoms with Gasteiger partial charge >= 0.3 is 0 Å². The van der Waals surface area contributed by atoms with Gasteiger partial charge in [0.1, 0.15) is 12.4 Å². The van der Waals surface area contributed by atoms with Gasteiger partial charge in [0.2, 0.25) is 11.9 Å². The number of aromatic nitrogens is 6. The fourth-order valence-electron chi connectivity index (χ4n) is 3.35. The van der Waals surface area contributed by atoms with E-state index in [1.165, 1.54) is 30.1 Å². The van der Waals surface area contributed by atoms with Gasteiger partial charge in [-0.2, -0.15) is 15.2 Å². The van der Waals surface area contributed by atoms with Crippen molar-refractivity contribution in [3.63, 3.8) is 0 Å². The Hall–Kier alpha value is -4.39. The van der Waals surface area contributed by atoms with Crippen molar-refractivity contribution < 1.29 is 18.7 Å². The van der Waals surface area contributed by atoms with E-state index < -0.39 is 24.3 Å². The molecule has 0 saturated carbocycles. The van der Waals surface area contributed by atoms with Crippen LogP contribution in [0.3, 0.4) is 0 Å². The molecule has 0 saturated heterocycles. The lowest BCUT2D eigenvalue weighted by Crippen LogP contribution is -2.23. The molecular weight excluding hydrogens is 460 g/mol. The number of likely N-dealkylation sites (N-methyl/N-ethyl adjacent to an activating group) is 1. The Bertz CT molecular complexity index is 1340. The van der Waals surface area contributed by atoms with E-state index in [2.05, 4.69) is 36.1 Å². The highest BCUT2D eigenvalue weighted by Gasteiger charge is 2.18. The topological polar surface area (TPSA) is 135 Å². The number of hydrogen-bond donors (Lipinski definition) is 4. The van der Waals surface area contributed by atoms with Crippen LogP contribution in [0.15, 0.2) is 49.2 Å². The molecule has 3 heterocycles. The van der Waals surface area contributed by atoms with E-state index in [4.69, 9.17) is 0 Å². The number of carbonyl (C=O) groups excluding carboxylic acids is 1. The Morgan fingerprint density at radius 1 is 1.11 bits per heavy atom. The molecule has 4 rings (SSSR count). The summed E-state index contributed by atoms with van der Waals surface area (Å²) in [4.78, 5) is 19.5. The molecule has 182 valence electrons. The molecule has 4 N–H and O–H groups in total. The Morgan fingerprint density at radius 3 is 2.66 bits per heavy atom. The number of aliphatic hydroxyl groups excluding tert-OH is 1. The molecule has 4 aromatic rings. The van der Waals surface area contributed by atoms with Crippen LogP contribution in [-0.2, 0) is 18.4 Å². The van der Waals surface area contributed by atoms with Crippen LogP contribution >= 0.6 is 0 Å². The lowest BCUT2D eigenvalue weighted by molar-refractivity contribution is -0.121. The number of halogens is 2. The maximum atomic E-state index is 14.5. The van der Waals surface area contributed by atoms with Gasteiger partial charge in [-0.15, -0.1) is 0 Å². The minimum Gasteiger partial charge on any atom is -0.394 e. The summed E-state index contributed by atoms with van der Waals surface area (Å²) in [5, 5.41) is 26.3. The number of aliphatic hydroxyl groups is 1. The summed E-state index contributed by atoms with van der Waals surface area (Å²) >= 11 is 0. The summed E-state index contributed by atoms with van der Waals surface area (Å²) in [6.45, 7) is -0.420. The van der Waals surface area contributed by atoms with E-state index in [9.17, 15) is 18.7 Å². The number of nitrogens with zero attached hydrogens (tertiary/aromatic N) is 6. The van der Waals surface area contributed by atoms with Crippen molar-refractivity contribution in [3.8, 4) is 11.1 Å². The summed E-state index contributed by atoms with van der Waals surface area (Å²) in [6.07, 6.45) is 7.33. The standard InChI is InChI=1S/C22H23F2N9O2/c1-25-20(35)11-33-10-17(7-28-33)29-22-26-8-18(24)21(31-22)30-19(12-34)14-3-13(4-16(23)5-14)15-6-27-32(2)9-15/h3-10,19,34H,11-12H2,1-2H3,(H,25,35)(H2,26,29,30,31)/t19-/m1/s1. The van der Waals surface area contributed by atoms with Crippen LogP contribution < -0.4 is 16.0 Å². The smallest absolute Gasteiger partial charge is 0.241 e. The third-order valence-electron chi connectivity index (χ3n) is 5.07. The molecule has 3 aromatic heterocycles. The summed E-state index contributed by atoms with van der Waals surface area (Å²) in [5.74, 6) is -1.62. The Morgan fingerprint density at radius 2 is 1.94 bits per heavy atom. The van der Waals surface area contributed by atoms with Crippen molar-refractivity contribution in [1.29, 1.82) is 0 Å². The van der Waals surface area contributed by atoms with Crippen LogP contribution in [0.1, 0.15) is 11.6 Å². The van der Waals surface area contributed by atoms with Crippen molar-refractivity contribution in [2.24, 2.45) is 7.05 Å². The third kappa shape index (κ3) is 5.76. The van der Waals surface area contributed by atoms with Crippen LogP contribution in [0.25, 0.3) is 11.1 Å². The Kier molecular flexibility index (Phi) is 6.96. The maximum Gasteiger partial charge on any atom is 0.241 e. The number of carbonyl (C=O) groups is 1.